The van der Waals surface area contributed by atoms with Gasteiger partial charge in [0.2, 0.25) is 5.91 Å². The van der Waals surface area contributed by atoms with Gasteiger partial charge in [-0.2, -0.15) is 0 Å². The summed E-state index contributed by atoms with van der Waals surface area (Å²) >= 11 is 0. The van der Waals surface area contributed by atoms with Gasteiger partial charge in [-0.3, -0.25) is 14.9 Å². The molecule has 0 aromatic heterocycles. The van der Waals surface area contributed by atoms with Gasteiger partial charge in [-0.1, -0.05) is 0 Å². The van der Waals surface area contributed by atoms with Gasteiger partial charge in [0.05, 0.1) is 11.5 Å². The number of aliphatic carboxylic acids is 1. The quantitative estimate of drug-likeness (QED) is 0.672. The van der Waals surface area contributed by atoms with Crippen LogP contribution < -0.4 is 10.6 Å². The largest absolute Gasteiger partial charge is 0.481 e. The van der Waals surface area contributed by atoms with Crippen LogP contribution in [0.15, 0.2) is 0 Å². The summed E-state index contributed by atoms with van der Waals surface area (Å²) in [6.07, 6.45) is 2.68. The number of carboxylic acids is 1. The molecule has 0 spiro atoms. The van der Waals surface area contributed by atoms with E-state index in [0.717, 1.165) is 19.4 Å². The van der Waals surface area contributed by atoms with Gasteiger partial charge in [0.15, 0.2) is 0 Å². The van der Waals surface area contributed by atoms with Gasteiger partial charge >= 0.3 is 12.0 Å². The number of hydrogen-bond donors (Lipinski definition) is 3. The minimum atomic E-state index is -1.19. The second-order valence-corrected chi connectivity index (χ2v) is 5.59. The molecule has 3 N–H and O–H groups in total. The van der Waals surface area contributed by atoms with E-state index in [0.29, 0.717) is 13.0 Å². The van der Waals surface area contributed by atoms with E-state index in [1.165, 1.54) is 13.8 Å². The predicted octanol–water partition coefficient (Wildman–Crippen LogP) is 0.882. The van der Waals surface area contributed by atoms with Gasteiger partial charge < -0.3 is 15.2 Å². The molecule has 0 aromatic carbocycles. The molecule has 3 amide bonds. The SMILES string of the molecule is CC(C)(CC(=O)NC(=O)NCCC1CCCO1)C(=O)O. The van der Waals surface area contributed by atoms with Gasteiger partial charge in [0.25, 0.3) is 0 Å². The fourth-order valence-corrected chi connectivity index (χ4v) is 1.91. The Labute approximate surface area is 118 Å². The first kappa shape index (κ1) is 16.4. The number of urea groups is 1. The summed E-state index contributed by atoms with van der Waals surface area (Å²) in [4.78, 5) is 33.9. The van der Waals surface area contributed by atoms with Crippen molar-refractivity contribution >= 4 is 17.9 Å². The summed E-state index contributed by atoms with van der Waals surface area (Å²) in [7, 11) is 0. The lowest BCUT2D eigenvalue weighted by molar-refractivity contribution is -0.149. The van der Waals surface area contributed by atoms with Crippen LogP contribution in [0.3, 0.4) is 0 Å². The maximum absolute atomic E-state index is 11.5. The summed E-state index contributed by atoms with van der Waals surface area (Å²) in [5.41, 5.74) is -1.19. The predicted molar refractivity (Wildman–Crippen MR) is 71.2 cm³/mol. The highest BCUT2D eigenvalue weighted by molar-refractivity contribution is 5.96. The van der Waals surface area contributed by atoms with Crippen molar-refractivity contribution in [1.82, 2.24) is 10.6 Å². The van der Waals surface area contributed by atoms with Crippen molar-refractivity contribution in [3.63, 3.8) is 0 Å². The summed E-state index contributed by atoms with van der Waals surface area (Å²) in [5.74, 6) is -1.68. The van der Waals surface area contributed by atoms with E-state index >= 15 is 0 Å². The molecule has 1 aliphatic rings. The minimum Gasteiger partial charge on any atom is -0.481 e. The maximum Gasteiger partial charge on any atom is 0.321 e. The monoisotopic (exact) mass is 286 g/mol. The molecule has 1 rings (SSSR count). The summed E-state index contributed by atoms with van der Waals surface area (Å²) in [6.45, 7) is 4.06. The molecule has 1 unspecified atom stereocenters. The molecule has 0 aliphatic carbocycles. The highest BCUT2D eigenvalue weighted by Crippen LogP contribution is 2.19. The van der Waals surface area contributed by atoms with Crippen LogP contribution in [0, 0.1) is 5.41 Å². The molecule has 114 valence electrons. The number of imide groups is 1. The molecule has 0 saturated carbocycles. The second-order valence-electron chi connectivity index (χ2n) is 5.59. The third-order valence-electron chi connectivity index (χ3n) is 3.21. The molecule has 1 aliphatic heterocycles. The number of nitrogens with one attached hydrogen (secondary N) is 2. The van der Waals surface area contributed by atoms with Crippen LogP contribution in [-0.4, -0.2) is 42.3 Å². The Bertz CT molecular complexity index is 375. The van der Waals surface area contributed by atoms with Gasteiger partial charge in [-0.15, -0.1) is 0 Å². The lowest BCUT2D eigenvalue weighted by Gasteiger charge is -2.18. The molecule has 0 aromatic rings. The van der Waals surface area contributed by atoms with Crippen LogP contribution in [0.4, 0.5) is 4.79 Å². The highest BCUT2D eigenvalue weighted by atomic mass is 16.5. The molecule has 1 saturated heterocycles. The van der Waals surface area contributed by atoms with Gasteiger partial charge in [0, 0.05) is 19.6 Å². The van der Waals surface area contributed by atoms with Crippen LogP contribution in [0.25, 0.3) is 0 Å². The second kappa shape index (κ2) is 7.23. The van der Waals surface area contributed by atoms with Crippen molar-refractivity contribution in [3.05, 3.63) is 0 Å². The molecule has 0 bridgehead atoms. The van der Waals surface area contributed by atoms with Crippen molar-refractivity contribution in [2.24, 2.45) is 5.41 Å². The van der Waals surface area contributed by atoms with Gasteiger partial charge in [-0.05, 0) is 33.1 Å². The van der Waals surface area contributed by atoms with E-state index in [-0.39, 0.29) is 12.5 Å². The number of rotatable bonds is 6. The van der Waals surface area contributed by atoms with E-state index in [9.17, 15) is 14.4 Å². The number of carboxylic acid groups (broad SMARTS) is 1. The van der Waals surface area contributed by atoms with Gasteiger partial charge in [-0.25, -0.2) is 4.79 Å². The first-order valence-corrected chi connectivity index (χ1v) is 6.74. The topological polar surface area (TPSA) is 105 Å². The van der Waals surface area contributed by atoms with Gasteiger partial charge in [0.1, 0.15) is 0 Å². The highest BCUT2D eigenvalue weighted by Gasteiger charge is 2.30. The Balaban J connectivity index is 2.20. The number of ether oxygens (including phenoxy) is 1. The maximum atomic E-state index is 11.5. The first-order chi connectivity index (χ1) is 9.31. The summed E-state index contributed by atoms with van der Waals surface area (Å²) in [6, 6.07) is -0.603. The van der Waals surface area contributed by atoms with E-state index < -0.39 is 23.3 Å². The molecule has 1 heterocycles. The van der Waals surface area contributed by atoms with Crippen molar-refractivity contribution in [3.8, 4) is 0 Å². The zero-order valence-electron chi connectivity index (χ0n) is 11.9. The van der Waals surface area contributed by atoms with Crippen LogP contribution in [0.1, 0.15) is 39.5 Å². The number of carbonyl (C=O) groups is 3. The lowest BCUT2D eigenvalue weighted by Crippen LogP contribution is -2.42. The zero-order chi connectivity index (χ0) is 15.2. The Kier molecular flexibility index (Phi) is 5.94. The Morgan fingerprint density at radius 3 is 2.60 bits per heavy atom. The standard InChI is InChI=1S/C13H22N2O5/c1-13(2,11(17)18)8-10(16)15-12(19)14-6-5-9-4-3-7-20-9/h9H,3-8H2,1-2H3,(H,17,18)(H2,14,15,16,19). The molecule has 7 nitrogen and oxygen atoms in total. The van der Waals surface area contributed by atoms with E-state index in [1.54, 1.807) is 0 Å². The van der Waals surface area contributed by atoms with E-state index in [2.05, 4.69) is 10.6 Å². The Hall–Kier alpha value is -1.63. The zero-order valence-corrected chi connectivity index (χ0v) is 11.9. The fraction of sp³-hybridized carbons (Fsp3) is 0.769. The van der Waals surface area contributed by atoms with E-state index in [4.69, 9.17) is 9.84 Å². The number of amides is 3. The van der Waals surface area contributed by atoms with Crippen molar-refractivity contribution in [2.75, 3.05) is 13.2 Å². The first-order valence-electron chi connectivity index (χ1n) is 6.74. The van der Waals surface area contributed by atoms with Crippen LogP contribution >= 0.6 is 0 Å². The Morgan fingerprint density at radius 1 is 1.35 bits per heavy atom. The van der Waals surface area contributed by atoms with Crippen LogP contribution in [0.5, 0.6) is 0 Å². The Morgan fingerprint density at radius 2 is 2.05 bits per heavy atom. The van der Waals surface area contributed by atoms with Crippen LogP contribution in [-0.2, 0) is 14.3 Å². The molecule has 1 fully saturated rings. The lowest BCUT2D eigenvalue weighted by atomic mass is 9.89. The molecule has 0 radical (unpaired) electrons. The minimum absolute atomic E-state index is 0.178. The summed E-state index contributed by atoms with van der Waals surface area (Å²) in [5, 5.41) is 13.6. The third kappa shape index (κ3) is 5.56. The van der Waals surface area contributed by atoms with Crippen molar-refractivity contribution < 1.29 is 24.2 Å². The van der Waals surface area contributed by atoms with E-state index in [1.807, 2.05) is 0 Å². The van der Waals surface area contributed by atoms with Crippen LogP contribution in [0.2, 0.25) is 0 Å². The molecular weight excluding hydrogens is 264 g/mol. The molecular formula is C13H22N2O5. The number of carbonyl (C=O) groups excluding carboxylic acids is 2. The average Bonchev–Trinajstić information content (AvgIpc) is 2.80. The third-order valence-corrected chi connectivity index (χ3v) is 3.21. The summed E-state index contributed by atoms with van der Waals surface area (Å²) < 4.78 is 5.40. The van der Waals surface area contributed by atoms with Crippen molar-refractivity contribution in [2.45, 2.75) is 45.6 Å². The normalized spacial score (nSPS) is 18.6. The average molecular weight is 286 g/mol. The number of hydrogen-bond acceptors (Lipinski definition) is 4. The van der Waals surface area contributed by atoms with Crippen molar-refractivity contribution in [1.29, 1.82) is 0 Å². The molecule has 20 heavy (non-hydrogen) atoms. The molecule has 7 heteroatoms. The smallest absolute Gasteiger partial charge is 0.321 e. The fourth-order valence-electron chi connectivity index (χ4n) is 1.91. The molecule has 1 atom stereocenters.